The van der Waals surface area contributed by atoms with Gasteiger partial charge in [0, 0.05) is 7.05 Å². The Morgan fingerprint density at radius 1 is 1.13 bits per heavy atom. The largest absolute Gasteiger partial charge is 0.437 e. The van der Waals surface area contributed by atoms with Crippen molar-refractivity contribution in [3.8, 4) is 0 Å². The third-order valence-electron chi connectivity index (χ3n) is 4.92. The first-order valence-electron chi connectivity index (χ1n) is 8.36. The highest BCUT2D eigenvalue weighted by atomic mass is 32.1. The van der Waals surface area contributed by atoms with Crippen molar-refractivity contribution < 1.29 is 41.0 Å². The molecule has 0 saturated carbocycles. The maximum absolute atomic E-state index is 13.9. The van der Waals surface area contributed by atoms with E-state index >= 15 is 0 Å². The number of amides is 2. The van der Waals surface area contributed by atoms with Gasteiger partial charge >= 0.3 is 18.4 Å². The molecule has 5 nitrogen and oxygen atoms in total. The fourth-order valence-electron chi connectivity index (χ4n) is 3.34. The Bertz CT molecular complexity index is 942. The number of alkyl halides is 6. The van der Waals surface area contributed by atoms with Crippen LogP contribution in [0.3, 0.4) is 0 Å². The van der Waals surface area contributed by atoms with Crippen molar-refractivity contribution in [3.05, 3.63) is 57.8 Å². The Morgan fingerprint density at radius 3 is 2.20 bits per heavy atom. The molecule has 1 aromatic heterocycles. The van der Waals surface area contributed by atoms with Crippen LogP contribution in [-0.2, 0) is 6.18 Å². The molecule has 0 radical (unpaired) electrons. The highest BCUT2D eigenvalue weighted by Crippen LogP contribution is 2.48. The first-order chi connectivity index (χ1) is 13.8. The van der Waals surface area contributed by atoms with E-state index in [1.165, 1.54) is 17.5 Å². The summed E-state index contributed by atoms with van der Waals surface area (Å²) in [5, 5.41) is 14.3. The molecule has 12 heteroatoms. The number of hydrogen-bond acceptors (Lipinski definition) is 4. The van der Waals surface area contributed by atoms with Crippen LogP contribution in [0.1, 0.15) is 26.8 Å². The number of urea groups is 1. The second-order valence-corrected chi connectivity index (χ2v) is 7.60. The summed E-state index contributed by atoms with van der Waals surface area (Å²) in [6.07, 6.45) is -10.1. The molecule has 1 aromatic carbocycles. The number of aliphatic hydroxyl groups is 1. The van der Waals surface area contributed by atoms with Crippen molar-refractivity contribution >= 4 is 23.2 Å². The van der Waals surface area contributed by atoms with Crippen LogP contribution < -0.4 is 5.32 Å². The van der Waals surface area contributed by atoms with Crippen molar-refractivity contribution in [3.63, 3.8) is 0 Å². The summed E-state index contributed by atoms with van der Waals surface area (Å²) in [5.41, 5.74) is -5.14. The van der Waals surface area contributed by atoms with E-state index in [0.717, 1.165) is 23.5 Å². The Morgan fingerprint density at radius 2 is 1.73 bits per heavy atom. The van der Waals surface area contributed by atoms with Gasteiger partial charge in [0.15, 0.2) is 5.78 Å². The lowest BCUT2D eigenvalue weighted by Gasteiger charge is -2.49. The van der Waals surface area contributed by atoms with Crippen LogP contribution in [0, 0.1) is 5.92 Å². The average molecular weight is 452 g/mol. The summed E-state index contributed by atoms with van der Waals surface area (Å²) in [7, 11) is 0.681. The maximum Gasteiger partial charge on any atom is 0.437 e. The summed E-state index contributed by atoms with van der Waals surface area (Å²) < 4.78 is 80.3. The van der Waals surface area contributed by atoms with E-state index < -0.39 is 47.4 Å². The van der Waals surface area contributed by atoms with E-state index in [4.69, 9.17) is 0 Å². The number of nitrogens with one attached hydrogen (secondary N) is 1. The number of halogens is 6. The van der Waals surface area contributed by atoms with Crippen LogP contribution in [0.15, 0.2) is 41.8 Å². The molecule has 1 fully saturated rings. The lowest BCUT2D eigenvalue weighted by Crippen LogP contribution is -2.72. The number of thiophene rings is 1. The molecule has 1 saturated heterocycles. The molecule has 0 aliphatic carbocycles. The molecule has 3 atom stereocenters. The second-order valence-electron chi connectivity index (χ2n) is 6.65. The molecule has 2 amide bonds. The summed E-state index contributed by atoms with van der Waals surface area (Å²) in [4.78, 5) is 25.0. The number of ketones is 1. The number of carbonyl (C=O) groups is 2. The van der Waals surface area contributed by atoms with Gasteiger partial charge in [0.05, 0.1) is 16.5 Å². The molecule has 1 aliphatic heterocycles. The Kier molecular flexibility index (Phi) is 5.35. The van der Waals surface area contributed by atoms with E-state index in [9.17, 15) is 41.0 Å². The molecular formula is C18H14F6N2O3S. The predicted molar refractivity (Wildman–Crippen MR) is 93.6 cm³/mol. The van der Waals surface area contributed by atoms with Crippen molar-refractivity contribution in [2.75, 3.05) is 7.05 Å². The normalized spacial score (nSPS) is 25.2. The molecule has 2 heterocycles. The minimum atomic E-state index is -5.43. The van der Waals surface area contributed by atoms with Crippen molar-refractivity contribution in [2.24, 2.45) is 5.92 Å². The van der Waals surface area contributed by atoms with Gasteiger partial charge < -0.3 is 10.4 Å². The van der Waals surface area contributed by atoms with Gasteiger partial charge in [0.2, 0.25) is 0 Å². The van der Waals surface area contributed by atoms with Crippen molar-refractivity contribution in [1.82, 2.24) is 10.2 Å². The van der Waals surface area contributed by atoms with Crippen LogP contribution in [0.2, 0.25) is 0 Å². The lowest BCUT2D eigenvalue weighted by molar-refractivity contribution is -0.322. The van der Waals surface area contributed by atoms with Gasteiger partial charge in [-0.25, -0.2) is 4.79 Å². The van der Waals surface area contributed by atoms with Gasteiger partial charge in [-0.15, -0.1) is 11.3 Å². The van der Waals surface area contributed by atoms with Gasteiger partial charge in [0.25, 0.3) is 5.72 Å². The van der Waals surface area contributed by atoms with Gasteiger partial charge in [-0.05, 0) is 29.1 Å². The number of rotatable bonds is 3. The Hall–Kier alpha value is -2.60. The fraction of sp³-hybridized carbons (Fsp3) is 0.333. The predicted octanol–water partition coefficient (Wildman–Crippen LogP) is 4.21. The third-order valence-corrected chi connectivity index (χ3v) is 5.81. The molecule has 30 heavy (non-hydrogen) atoms. The number of benzene rings is 1. The highest BCUT2D eigenvalue weighted by molar-refractivity contribution is 7.12. The van der Waals surface area contributed by atoms with Crippen LogP contribution >= 0.6 is 11.3 Å². The minimum Gasteiger partial charge on any atom is -0.363 e. The first kappa shape index (κ1) is 22.1. The zero-order valence-electron chi connectivity index (χ0n) is 15.1. The van der Waals surface area contributed by atoms with Gasteiger partial charge in [-0.3, -0.25) is 9.69 Å². The zero-order valence-corrected chi connectivity index (χ0v) is 15.9. The molecule has 0 bridgehead atoms. The minimum absolute atomic E-state index is 0.0241. The summed E-state index contributed by atoms with van der Waals surface area (Å²) >= 11 is 0.833. The van der Waals surface area contributed by atoms with Crippen LogP contribution in [0.25, 0.3) is 0 Å². The van der Waals surface area contributed by atoms with Gasteiger partial charge in [-0.1, -0.05) is 18.2 Å². The quantitative estimate of drug-likeness (QED) is 0.542. The van der Waals surface area contributed by atoms with Gasteiger partial charge in [-0.2, -0.15) is 26.3 Å². The van der Waals surface area contributed by atoms with E-state index in [2.05, 4.69) is 5.32 Å². The molecule has 2 aromatic rings. The van der Waals surface area contributed by atoms with E-state index in [1.54, 1.807) is 0 Å². The van der Waals surface area contributed by atoms with E-state index in [1.807, 2.05) is 0 Å². The molecule has 162 valence electrons. The molecular weight excluding hydrogens is 438 g/mol. The number of carbonyl (C=O) groups excluding carboxylic acids is 2. The molecule has 3 rings (SSSR count). The number of nitrogens with zero attached hydrogens (tertiary/aromatic N) is 1. The highest BCUT2D eigenvalue weighted by Gasteiger charge is 2.69. The van der Waals surface area contributed by atoms with E-state index in [-0.39, 0.29) is 15.3 Å². The Balaban J connectivity index is 2.16. The summed E-state index contributed by atoms with van der Waals surface area (Å²) in [6.45, 7) is 0. The van der Waals surface area contributed by atoms with Crippen molar-refractivity contribution in [2.45, 2.75) is 24.1 Å². The number of hydrogen-bond donors (Lipinski definition) is 2. The monoisotopic (exact) mass is 452 g/mol. The molecule has 2 N–H and O–H groups in total. The average Bonchev–Trinajstić information content (AvgIpc) is 3.18. The van der Waals surface area contributed by atoms with Gasteiger partial charge in [0.1, 0.15) is 5.92 Å². The van der Waals surface area contributed by atoms with Crippen LogP contribution in [0.4, 0.5) is 31.1 Å². The van der Waals surface area contributed by atoms with E-state index in [0.29, 0.717) is 19.2 Å². The fourth-order valence-corrected chi connectivity index (χ4v) is 4.04. The second kappa shape index (κ2) is 7.27. The molecule has 1 aliphatic rings. The lowest BCUT2D eigenvalue weighted by atomic mass is 9.77. The smallest absolute Gasteiger partial charge is 0.363 e. The van der Waals surface area contributed by atoms with Crippen molar-refractivity contribution in [1.29, 1.82) is 0 Å². The van der Waals surface area contributed by atoms with Crippen LogP contribution in [0.5, 0.6) is 0 Å². The first-order valence-corrected chi connectivity index (χ1v) is 9.24. The third kappa shape index (κ3) is 3.54. The van der Waals surface area contributed by atoms with Crippen LogP contribution in [-0.4, -0.2) is 40.8 Å². The topological polar surface area (TPSA) is 69.6 Å². The Labute approximate surface area is 169 Å². The summed E-state index contributed by atoms with van der Waals surface area (Å²) in [5.74, 6) is -3.38. The summed E-state index contributed by atoms with van der Waals surface area (Å²) in [6, 6.07) is 2.59. The molecule has 0 spiro atoms. The molecule has 0 unspecified atom stereocenters. The number of Topliss-reactive ketones (excluding diaryl/α,β-unsaturated/α-hetero) is 1. The maximum atomic E-state index is 13.9. The zero-order chi connectivity index (χ0) is 22.5. The SMILES string of the molecule is CN1C(=O)N[C@H](c2ccc(C(F)(F)F)cc2)[C@H](C(=O)c2cccs2)[C@]1(O)C(F)(F)F. The standard InChI is InChI=1S/C18H14F6N2O3S/c1-26-15(28)25-13(9-4-6-10(7-5-9)17(19,20)21)12(16(26,29)18(22,23)24)14(27)11-3-2-8-30-11/h2-8,12-13,29H,1H3,(H,25,28)/t12-,13-,16+/m1/s1.